The molecule has 2 aromatic rings. The molecule has 206 valence electrons. The summed E-state index contributed by atoms with van der Waals surface area (Å²) in [7, 11) is 3.51. The highest BCUT2D eigenvalue weighted by molar-refractivity contribution is 5.96. The second-order valence-corrected chi connectivity index (χ2v) is 11.0. The quantitative estimate of drug-likeness (QED) is 0.639. The first-order valence-corrected chi connectivity index (χ1v) is 13.7. The van der Waals surface area contributed by atoms with Crippen LogP contribution in [0.3, 0.4) is 0 Å². The molecule has 10 heteroatoms. The Balaban J connectivity index is 1.65. The average molecular weight is 524 g/mol. The van der Waals surface area contributed by atoms with Gasteiger partial charge in [-0.05, 0) is 55.7 Å². The molecule has 10 nitrogen and oxygen atoms in total. The van der Waals surface area contributed by atoms with Crippen LogP contribution in [0.1, 0.15) is 60.4 Å². The second-order valence-electron chi connectivity index (χ2n) is 11.0. The van der Waals surface area contributed by atoms with Crippen LogP contribution in [0.15, 0.2) is 24.5 Å². The number of pyridine rings is 1. The fourth-order valence-corrected chi connectivity index (χ4v) is 5.41. The summed E-state index contributed by atoms with van der Waals surface area (Å²) in [4.78, 5) is 49.6. The van der Waals surface area contributed by atoms with E-state index < -0.39 is 0 Å². The van der Waals surface area contributed by atoms with Gasteiger partial charge in [0, 0.05) is 70.0 Å². The predicted octanol–water partition coefficient (Wildman–Crippen LogP) is 1.64. The summed E-state index contributed by atoms with van der Waals surface area (Å²) in [6.45, 7) is 7.11. The molecule has 1 aliphatic carbocycles. The molecule has 2 aromatic heterocycles. The number of rotatable bonds is 5. The van der Waals surface area contributed by atoms with Gasteiger partial charge in [-0.15, -0.1) is 0 Å². The van der Waals surface area contributed by atoms with Gasteiger partial charge in [-0.2, -0.15) is 5.10 Å². The number of carbonyl (C=O) groups excluding carboxylic acids is 3. The Bertz CT molecular complexity index is 1130. The molecule has 1 N–H and O–H groups in total. The van der Waals surface area contributed by atoms with E-state index in [9.17, 15) is 14.4 Å². The maximum atomic E-state index is 13.9. The molecule has 2 bridgehead atoms. The first-order chi connectivity index (χ1) is 18.2. The lowest BCUT2D eigenvalue weighted by molar-refractivity contribution is -0.135. The topological polar surface area (TPSA) is 104 Å². The number of aromatic nitrogens is 3. The lowest BCUT2D eigenvalue weighted by atomic mass is 9.89. The summed E-state index contributed by atoms with van der Waals surface area (Å²) in [6, 6.07) is 3.96. The van der Waals surface area contributed by atoms with Crippen LogP contribution in [0.2, 0.25) is 0 Å². The highest BCUT2D eigenvalue weighted by Gasteiger charge is 2.34. The number of hydrogen-bond acceptors (Lipinski definition) is 6. The average Bonchev–Trinajstić information content (AvgIpc) is 3.21. The van der Waals surface area contributed by atoms with Crippen LogP contribution < -0.4 is 5.32 Å². The molecule has 0 saturated carbocycles. The molecule has 1 atom stereocenters. The number of carbonyl (C=O) groups is 3. The third-order valence-electron chi connectivity index (χ3n) is 7.56. The number of fused-ring (bicyclic) bond motifs is 1. The molecule has 3 amide bonds. The van der Waals surface area contributed by atoms with Crippen molar-refractivity contribution in [3.05, 3.63) is 47.0 Å². The number of hydrogen-bond donors (Lipinski definition) is 1. The van der Waals surface area contributed by atoms with Crippen molar-refractivity contribution >= 4 is 17.7 Å². The van der Waals surface area contributed by atoms with Crippen molar-refractivity contribution in [2.24, 2.45) is 13.0 Å². The van der Waals surface area contributed by atoms with E-state index in [0.29, 0.717) is 57.2 Å². The minimum absolute atomic E-state index is 0.00814. The second kappa shape index (κ2) is 12.5. The SMILES string of the molecule is CC(C)CCN1C(=O)CN(Cc2ccncc2)CCCNC(=O)CN(C)C(=O)c2nn(C)c3c2CC1CC3. The van der Waals surface area contributed by atoms with E-state index in [1.165, 1.54) is 4.90 Å². The van der Waals surface area contributed by atoms with Gasteiger partial charge < -0.3 is 15.1 Å². The standard InChI is InChI=1S/C28H41N7O3/c1-20(2)10-15-35-22-6-7-24-23(16-22)27(31-33(24)4)28(38)32(3)18-25(36)30-11-5-14-34(19-26(35)37)17-21-8-12-29-13-9-21/h8-9,12-13,20,22H,5-7,10-11,14-19H2,1-4H3,(H,30,36). The molecule has 2 aliphatic rings. The maximum Gasteiger partial charge on any atom is 0.274 e. The highest BCUT2D eigenvalue weighted by Crippen LogP contribution is 2.28. The van der Waals surface area contributed by atoms with Gasteiger partial charge in [0.2, 0.25) is 11.8 Å². The van der Waals surface area contributed by atoms with E-state index in [0.717, 1.165) is 36.1 Å². The molecule has 0 radical (unpaired) electrons. The van der Waals surface area contributed by atoms with Gasteiger partial charge >= 0.3 is 0 Å². The van der Waals surface area contributed by atoms with E-state index in [2.05, 4.69) is 39.0 Å². The van der Waals surface area contributed by atoms with Crippen LogP contribution >= 0.6 is 0 Å². The minimum Gasteiger partial charge on any atom is -0.355 e. The number of likely N-dealkylation sites (N-methyl/N-ethyl adjacent to an activating group) is 1. The van der Waals surface area contributed by atoms with Gasteiger partial charge in [0.15, 0.2) is 5.69 Å². The zero-order valence-corrected chi connectivity index (χ0v) is 23.2. The Morgan fingerprint density at radius 2 is 1.87 bits per heavy atom. The third kappa shape index (κ3) is 6.78. The van der Waals surface area contributed by atoms with Crippen LogP contribution in [0.25, 0.3) is 0 Å². The fourth-order valence-electron chi connectivity index (χ4n) is 5.41. The molecule has 1 aliphatic heterocycles. The van der Waals surface area contributed by atoms with Gasteiger partial charge in [0.25, 0.3) is 5.91 Å². The van der Waals surface area contributed by atoms with Gasteiger partial charge in [0.05, 0.1) is 13.1 Å². The monoisotopic (exact) mass is 523 g/mol. The number of nitrogens with one attached hydrogen (secondary N) is 1. The normalized spacial score (nSPS) is 20.2. The summed E-state index contributed by atoms with van der Waals surface area (Å²) >= 11 is 0. The zero-order valence-electron chi connectivity index (χ0n) is 23.2. The Morgan fingerprint density at radius 1 is 1.11 bits per heavy atom. The van der Waals surface area contributed by atoms with Gasteiger partial charge in [-0.3, -0.25) is 28.9 Å². The molecule has 38 heavy (non-hydrogen) atoms. The fraction of sp³-hybridized carbons (Fsp3) is 0.607. The summed E-state index contributed by atoms with van der Waals surface area (Å²) in [5.74, 6) is 0.127. The summed E-state index contributed by atoms with van der Waals surface area (Å²) < 4.78 is 1.79. The number of nitrogens with zero attached hydrogens (tertiary/aromatic N) is 6. The molecular weight excluding hydrogens is 482 g/mol. The van der Waals surface area contributed by atoms with Crippen molar-refractivity contribution in [1.29, 1.82) is 0 Å². The molecule has 0 fully saturated rings. The lowest BCUT2D eigenvalue weighted by Crippen LogP contribution is -2.49. The van der Waals surface area contributed by atoms with Gasteiger partial charge in [-0.25, -0.2) is 0 Å². The summed E-state index contributed by atoms with van der Waals surface area (Å²) in [5, 5.41) is 7.48. The van der Waals surface area contributed by atoms with E-state index in [-0.39, 0.29) is 30.3 Å². The van der Waals surface area contributed by atoms with Crippen molar-refractivity contribution in [3.63, 3.8) is 0 Å². The molecule has 0 aromatic carbocycles. The molecule has 3 heterocycles. The smallest absolute Gasteiger partial charge is 0.274 e. The van der Waals surface area contributed by atoms with Crippen molar-refractivity contribution in [3.8, 4) is 0 Å². The maximum absolute atomic E-state index is 13.9. The summed E-state index contributed by atoms with van der Waals surface area (Å²) in [6.07, 6.45) is 7.36. The van der Waals surface area contributed by atoms with Crippen molar-refractivity contribution in [2.45, 2.75) is 58.5 Å². The van der Waals surface area contributed by atoms with Crippen LogP contribution in [0.4, 0.5) is 0 Å². The number of amides is 3. The minimum atomic E-state index is -0.256. The largest absolute Gasteiger partial charge is 0.355 e. The van der Waals surface area contributed by atoms with E-state index in [4.69, 9.17) is 0 Å². The summed E-state index contributed by atoms with van der Waals surface area (Å²) in [5.41, 5.74) is 3.44. The highest BCUT2D eigenvalue weighted by atomic mass is 16.2. The van der Waals surface area contributed by atoms with E-state index in [1.807, 2.05) is 19.2 Å². The van der Waals surface area contributed by atoms with Crippen LogP contribution in [-0.2, 0) is 36.0 Å². The Hall–Kier alpha value is -3.27. The first-order valence-electron chi connectivity index (χ1n) is 13.7. The third-order valence-corrected chi connectivity index (χ3v) is 7.56. The van der Waals surface area contributed by atoms with Crippen molar-refractivity contribution in [1.82, 2.24) is 34.8 Å². The predicted molar refractivity (Wildman–Crippen MR) is 144 cm³/mol. The molecule has 0 saturated heterocycles. The van der Waals surface area contributed by atoms with Crippen LogP contribution in [0, 0.1) is 5.92 Å². The van der Waals surface area contributed by atoms with E-state index >= 15 is 0 Å². The molecular formula is C28H41N7O3. The molecule has 4 rings (SSSR count). The van der Waals surface area contributed by atoms with Gasteiger partial charge in [0.1, 0.15) is 0 Å². The number of aryl methyl sites for hydroxylation is 1. The Labute approximate surface area is 225 Å². The molecule has 1 unspecified atom stereocenters. The van der Waals surface area contributed by atoms with Crippen LogP contribution in [-0.4, -0.2) is 93.0 Å². The van der Waals surface area contributed by atoms with E-state index in [1.54, 1.807) is 24.1 Å². The molecule has 0 spiro atoms. The lowest BCUT2D eigenvalue weighted by Gasteiger charge is -2.37. The van der Waals surface area contributed by atoms with Crippen molar-refractivity contribution in [2.75, 3.05) is 39.8 Å². The van der Waals surface area contributed by atoms with Crippen LogP contribution in [0.5, 0.6) is 0 Å². The first kappa shape index (κ1) is 27.8. The Morgan fingerprint density at radius 3 is 2.61 bits per heavy atom. The zero-order chi connectivity index (χ0) is 27.2. The van der Waals surface area contributed by atoms with Crippen molar-refractivity contribution < 1.29 is 14.4 Å². The Kier molecular flexibility index (Phi) is 9.14. The van der Waals surface area contributed by atoms with Gasteiger partial charge in [-0.1, -0.05) is 13.8 Å².